The fourth-order valence-electron chi connectivity index (χ4n) is 4.35. The zero-order chi connectivity index (χ0) is 27.1. The van der Waals surface area contributed by atoms with Gasteiger partial charge in [-0.25, -0.2) is 14.8 Å². The summed E-state index contributed by atoms with van der Waals surface area (Å²) >= 11 is 0. The molecule has 0 saturated carbocycles. The van der Waals surface area contributed by atoms with Crippen LogP contribution in [0.3, 0.4) is 0 Å². The molecule has 1 aromatic heterocycles. The van der Waals surface area contributed by atoms with Crippen LogP contribution in [0.25, 0.3) is 22.5 Å². The van der Waals surface area contributed by atoms with Gasteiger partial charge in [-0.3, -0.25) is 0 Å². The quantitative estimate of drug-likeness (QED) is 0.115. The second kappa shape index (κ2) is 15.4. The first-order valence-electron chi connectivity index (χ1n) is 14.1. The fourth-order valence-corrected chi connectivity index (χ4v) is 4.35. The van der Waals surface area contributed by atoms with Gasteiger partial charge in [0.25, 0.3) is 0 Å². The molecule has 4 aromatic rings. The highest BCUT2D eigenvalue weighted by Crippen LogP contribution is 2.23. The molecule has 4 rings (SSSR count). The summed E-state index contributed by atoms with van der Waals surface area (Å²) in [6.07, 6.45) is 13.4. The Hall–Kier alpha value is -3.99. The van der Waals surface area contributed by atoms with Gasteiger partial charge in [-0.15, -0.1) is 0 Å². The maximum Gasteiger partial charge on any atom is 0.338 e. The summed E-state index contributed by atoms with van der Waals surface area (Å²) < 4.78 is 11.3. The molecule has 5 nitrogen and oxygen atoms in total. The summed E-state index contributed by atoms with van der Waals surface area (Å²) in [6.45, 7) is 3.24. The van der Waals surface area contributed by atoms with E-state index < -0.39 is 0 Å². The van der Waals surface area contributed by atoms with Crippen molar-refractivity contribution in [1.29, 1.82) is 0 Å². The number of hydrogen-bond acceptors (Lipinski definition) is 5. The molecule has 1 heterocycles. The molecule has 0 aliphatic rings. The number of carbonyl (C=O) groups is 1. The Morgan fingerprint density at radius 3 is 1.95 bits per heavy atom. The van der Waals surface area contributed by atoms with E-state index in [1.54, 1.807) is 24.5 Å². The Morgan fingerprint density at radius 2 is 1.28 bits per heavy atom. The first kappa shape index (κ1) is 28.0. The maximum absolute atomic E-state index is 12.4. The molecule has 0 saturated heterocycles. The molecule has 0 spiro atoms. The highest BCUT2D eigenvalue weighted by molar-refractivity contribution is 5.90. The van der Waals surface area contributed by atoms with Crippen molar-refractivity contribution in [2.45, 2.75) is 64.9 Å². The Bertz CT molecular complexity index is 1250. The minimum absolute atomic E-state index is 0.271. The van der Waals surface area contributed by atoms with Gasteiger partial charge in [0.15, 0.2) is 5.82 Å². The zero-order valence-electron chi connectivity index (χ0n) is 22.9. The van der Waals surface area contributed by atoms with Crippen LogP contribution in [0.5, 0.6) is 5.75 Å². The lowest BCUT2D eigenvalue weighted by Gasteiger charge is -2.08. The monoisotopic (exact) mass is 522 g/mol. The van der Waals surface area contributed by atoms with Crippen molar-refractivity contribution in [2.24, 2.45) is 0 Å². The summed E-state index contributed by atoms with van der Waals surface area (Å²) in [5, 5.41) is 0. The Morgan fingerprint density at radius 1 is 0.667 bits per heavy atom. The van der Waals surface area contributed by atoms with Crippen molar-refractivity contribution >= 4 is 5.97 Å². The second-order valence-corrected chi connectivity index (χ2v) is 9.78. The van der Waals surface area contributed by atoms with Crippen LogP contribution in [0, 0.1) is 0 Å². The van der Waals surface area contributed by atoms with Gasteiger partial charge in [-0.05, 0) is 53.9 Å². The lowest BCUT2D eigenvalue weighted by atomic mass is 10.1. The topological polar surface area (TPSA) is 61.3 Å². The largest absolute Gasteiger partial charge is 0.489 e. The van der Waals surface area contributed by atoms with Crippen molar-refractivity contribution in [2.75, 3.05) is 6.61 Å². The first-order valence-corrected chi connectivity index (χ1v) is 14.1. The van der Waals surface area contributed by atoms with Gasteiger partial charge in [0.2, 0.25) is 0 Å². The normalized spacial score (nSPS) is 10.8. The molecule has 0 unspecified atom stereocenters. The number of nitrogens with zero attached hydrogens (tertiary/aromatic N) is 2. The van der Waals surface area contributed by atoms with E-state index in [0.29, 0.717) is 24.6 Å². The number of aromatic nitrogens is 2. The second-order valence-electron chi connectivity index (χ2n) is 9.78. The van der Waals surface area contributed by atoms with E-state index in [0.717, 1.165) is 40.8 Å². The molecule has 0 bridgehead atoms. The van der Waals surface area contributed by atoms with Crippen molar-refractivity contribution in [3.63, 3.8) is 0 Å². The van der Waals surface area contributed by atoms with Crippen LogP contribution in [-0.4, -0.2) is 22.5 Å². The molecule has 0 fully saturated rings. The van der Waals surface area contributed by atoms with Crippen molar-refractivity contribution < 1.29 is 14.3 Å². The predicted octanol–water partition coefficient (Wildman–Crippen LogP) is 8.69. The molecule has 0 N–H and O–H groups in total. The van der Waals surface area contributed by atoms with Gasteiger partial charge in [0.05, 0.1) is 12.2 Å². The molecular formula is C34H38N2O3. The number of carbonyl (C=O) groups excluding carboxylic acids is 1. The number of ether oxygens (including phenoxy) is 2. The highest BCUT2D eigenvalue weighted by atomic mass is 16.5. The van der Waals surface area contributed by atoms with E-state index in [2.05, 4.69) is 16.9 Å². The van der Waals surface area contributed by atoms with Gasteiger partial charge in [0.1, 0.15) is 12.4 Å². The predicted molar refractivity (Wildman–Crippen MR) is 157 cm³/mol. The molecule has 0 amide bonds. The van der Waals surface area contributed by atoms with E-state index in [1.807, 2.05) is 66.7 Å². The van der Waals surface area contributed by atoms with Crippen LogP contribution in [-0.2, 0) is 11.3 Å². The zero-order valence-corrected chi connectivity index (χ0v) is 22.9. The number of unbranched alkanes of at least 4 members (excludes halogenated alkanes) is 7. The van der Waals surface area contributed by atoms with Gasteiger partial charge >= 0.3 is 5.97 Å². The third-order valence-corrected chi connectivity index (χ3v) is 6.70. The average Bonchev–Trinajstić information content (AvgIpc) is 3.00. The first-order chi connectivity index (χ1) is 19.2. The van der Waals surface area contributed by atoms with Gasteiger partial charge in [-0.2, -0.15) is 0 Å². The smallest absolute Gasteiger partial charge is 0.338 e. The third kappa shape index (κ3) is 9.06. The summed E-state index contributed by atoms with van der Waals surface area (Å²) in [5.41, 5.74) is 4.45. The van der Waals surface area contributed by atoms with E-state index in [9.17, 15) is 4.79 Å². The van der Waals surface area contributed by atoms with Gasteiger partial charge < -0.3 is 9.47 Å². The maximum atomic E-state index is 12.4. The molecule has 5 heteroatoms. The minimum Gasteiger partial charge on any atom is -0.489 e. The van der Waals surface area contributed by atoms with Crippen molar-refractivity contribution in [3.8, 4) is 28.3 Å². The average molecular weight is 523 g/mol. The number of esters is 1. The molecule has 202 valence electrons. The Labute approximate surface area is 232 Å². The minimum atomic E-state index is -0.271. The van der Waals surface area contributed by atoms with Gasteiger partial charge in [0, 0.05) is 23.5 Å². The van der Waals surface area contributed by atoms with Crippen LogP contribution in [0.2, 0.25) is 0 Å². The van der Waals surface area contributed by atoms with Gasteiger partial charge in [-0.1, -0.05) is 94.3 Å². The lowest BCUT2D eigenvalue weighted by Crippen LogP contribution is -2.06. The number of hydrogen-bond donors (Lipinski definition) is 0. The lowest BCUT2D eigenvalue weighted by molar-refractivity contribution is 0.0497. The van der Waals surface area contributed by atoms with Crippen LogP contribution < -0.4 is 4.74 Å². The summed E-state index contributed by atoms with van der Waals surface area (Å²) in [7, 11) is 0. The molecular weight excluding hydrogens is 484 g/mol. The SMILES string of the molecule is CCCCCCCCCCOC(=O)c1ccc(-c2cnc(-c3ccc(OCc4ccccc4)cc3)nc2)cc1. The van der Waals surface area contributed by atoms with Crippen LogP contribution in [0.1, 0.15) is 74.2 Å². The van der Waals surface area contributed by atoms with Crippen molar-refractivity contribution in [3.05, 3.63) is 102 Å². The van der Waals surface area contributed by atoms with E-state index >= 15 is 0 Å². The van der Waals surface area contributed by atoms with Crippen LogP contribution in [0.15, 0.2) is 91.3 Å². The third-order valence-electron chi connectivity index (χ3n) is 6.70. The van der Waals surface area contributed by atoms with E-state index in [-0.39, 0.29) is 5.97 Å². The highest BCUT2D eigenvalue weighted by Gasteiger charge is 2.09. The molecule has 0 atom stereocenters. The molecule has 0 aliphatic carbocycles. The number of rotatable bonds is 15. The van der Waals surface area contributed by atoms with Crippen LogP contribution in [0.4, 0.5) is 0 Å². The summed E-state index contributed by atoms with van der Waals surface area (Å²) in [6, 6.07) is 25.3. The molecule has 39 heavy (non-hydrogen) atoms. The molecule has 0 radical (unpaired) electrons. The van der Waals surface area contributed by atoms with E-state index in [4.69, 9.17) is 9.47 Å². The Kier molecular flexibility index (Phi) is 11.1. The molecule has 0 aliphatic heterocycles. The van der Waals surface area contributed by atoms with Crippen LogP contribution >= 0.6 is 0 Å². The summed E-state index contributed by atoms with van der Waals surface area (Å²) in [5.74, 6) is 1.18. The molecule has 3 aromatic carbocycles. The Balaban J connectivity index is 1.22. The standard InChI is InChI=1S/C34H38N2O3/c1-2-3-4-5-6-7-8-12-23-38-34(37)30-17-15-28(16-18-30)31-24-35-33(36-25-31)29-19-21-32(22-20-29)39-26-27-13-10-9-11-14-27/h9-11,13-22,24-25H,2-8,12,23,26H2,1H3. The number of benzene rings is 3. The fraction of sp³-hybridized carbons (Fsp3) is 0.324. The van der Waals surface area contributed by atoms with E-state index in [1.165, 1.54) is 38.5 Å². The van der Waals surface area contributed by atoms with Crippen molar-refractivity contribution in [1.82, 2.24) is 9.97 Å². The summed E-state index contributed by atoms with van der Waals surface area (Å²) in [4.78, 5) is 21.5.